The van der Waals surface area contributed by atoms with Crippen LogP contribution in [0.4, 0.5) is 13.2 Å². The van der Waals surface area contributed by atoms with E-state index < -0.39 is 47.7 Å². The Labute approximate surface area is 231 Å². The second-order valence-corrected chi connectivity index (χ2v) is 10.5. The molecule has 10 heteroatoms. The molecule has 0 aliphatic carbocycles. The molecule has 1 aromatic heterocycles. The number of alkyl halides is 3. The zero-order valence-corrected chi connectivity index (χ0v) is 23.2. The summed E-state index contributed by atoms with van der Waals surface area (Å²) in [6.45, 7) is 6.69. The Kier molecular flexibility index (Phi) is 9.28. The molecule has 3 aromatic rings. The Morgan fingerprint density at radius 1 is 1.05 bits per heavy atom. The molecular weight excluding hydrogens is 525 g/mol. The Bertz CT molecular complexity index is 1330. The molecule has 0 saturated heterocycles. The van der Waals surface area contributed by atoms with Crippen LogP contribution in [0.15, 0.2) is 54.6 Å². The number of methoxy groups -OCH3 is 1. The quantitative estimate of drug-likeness (QED) is 0.268. The zero-order valence-electron chi connectivity index (χ0n) is 23.2. The van der Waals surface area contributed by atoms with Crippen molar-refractivity contribution in [2.24, 2.45) is 5.73 Å². The van der Waals surface area contributed by atoms with Gasteiger partial charge in [0.05, 0.1) is 24.6 Å². The van der Waals surface area contributed by atoms with E-state index >= 15 is 0 Å². The van der Waals surface area contributed by atoms with Gasteiger partial charge < -0.3 is 25.4 Å². The third kappa shape index (κ3) is 7.18. The van der Waals surface area contributed by atoms with Crippen LogP contribution in [0.5, 0.6) is 11.5 Å². The Balaban J connectivity index is 1.98. The molecule has 2 atom stereocenters. The van der Waals surface area contributed by atoms with Crippen molar-refractivity contribution in [1.29, 1.82) is 0 Å². The molecule has 3 rings (SSSR count). The third-order valence-corrected chi connectivity index (χ3v) is 6.49. The van der Waals surface area contributed by atoms with Gasteiger partial charge in [0.15, 0.2) is 17.3 Å². The molecule has 0 fully saturated rings. The summed E-state index contributed by atoms with van der Waals surface area (Å²) in [5, 5.41) is 20.6. The van der Waals surface area contributed by atoms with Crippen LogP contribution in [-0.4, -0.2) is 47.0 Å². The molecule has 2 aromatic carbocycles. The van der Waals surface area contributed by atoms with Gasteiger partial charge >= 0.3 is 6.18 Å². The molecule has 216 valence electrons. The number of aromatic nitrogens is 1. The zero-order chi connectivity index (χ0) is 29.9. The maximum absolute atomic E-state index is 14.5. The van der Waals surface area contributed by atoms with Crippen molar-refractivity contribution in [3.05, 3.63) is 77.0 Å². The van der Waals surface area contributed by atoms with Crippen molar-refractivity contribution in [1.82, 2.24) is 4.98 Å². The minimum atomic E-state index is -5.14. The number of aryl methyl sites for hydroxylation is 1. The highest BCUT2D eigenvalue weighted by Crippen LogP contribution is 2.43. The number of Topliss-reactive ketones (excluding diaryl/α,β-unsaturated/α-hetero) is 1. The predicted molar refractivity (Wildman–Crippen MR) is 145 cm³/mol. The van der Waals surface area contributed by atoms with E-state index in [1.54, 1.807) is 44.2 Å². The lowest BCUT2D eigenvalue weighted by atomic mass is 9.86. The second kappa shape index (κ2) is 12.0. The lowest BCUT2D eigenvalue weighted by Gasteiger charge is -2.32. The number of aliphatic hydroxyl groups excluding tert-OH is 1. The van der Waals surface area contributed by atoms with Gasteiger partial charge in [-0.2, -0.15) is 13.2 Å². The number of rotatable bonds is 11. The van der Waals surface area contributed by atoms with Gasteiger partial charge in [-0.1, -0.05) is 29.8 Å². The molecular formula is C30H35F3N2O5. The topological polar surface area (TPSA) is 115 Å². The molecule has 0 radical (unpaired) electrons. The van der Waals surface area contributed by atoms with Crippen molar-refractivity contribution in [3.63, 3.8) is 0 Å². The molecule has 0 aliphatic heterocycles. The van der Waals surface area contributed by atoms with Crippen LogP contribution >= 0.6 is 0 Å². The number of halogens is 3. The summed E-state index contributed by atoms with van der Waals surface area (Å²) in [7, 11) is 1.35. The van der Waals surface area contributed by atoms with Crippen molar-refractivity contribution in [2.75, 3.05) is 13.7 Å². The minimum Gasteiger partial charge on any atom is -0.493 e. The molecule has 0 spiro atoms. The number of hydrogen-bond acceptors (Lipinski definition) is 7. The fraction of sp³-hybridized carbons (Fsp3) is 0.400. The van der Waals surface area contributed by atoms with E-state index in [1.807, 2.05) is 6.92 Å². The monoisotopic (exact) mass is 560 g/mol. The average molecular weight is 561 g/mol. The fourth-order valence-corrected chi connectivity index (χ4v) is 4.01. The molecule has 1 heterocycles. The van der Waals surface area contributed by atoms with E-state index in [4.69, 9.17) is 15.2 Å². The van der Waals surface area contributed by atoms with Gasteiger partial charge in [0.1, 0.15) is 6.61 Å². The van der Waals surface area contributed by atoms with Crippen LogP contribution in [0, 0.1) is 6.92 Å². The second-order valence-electron chi connectivity index (χ2n) is 10.5. The van der Waals surface area contributed by atoms with Gasteiger partial charge in [0, 0.05) is 23.1 Å². The number of benzene rings is 2. The Hall–Kier alpha value is -3.47. The van der Waals surface area contributed by atoms with Crippen LogP contribution in [-0.2, 0) is 11.1 Å². The summed E-state index contributed by atoms with van der Waals surface area (Å²) >= 11 is 0. The number of carbonyl (C=O) groups excluding carboxylic acids is 1. The first-order chi connectivity index (χ1) is 18.5. The highest BCUT2D eigenvalue weighted by Gasteiger charge is 2.56. The number of carbonyl (C=O) groups is 1. The van der Waals surface area contributed by atoms with Crippen LogP contribution in [0.2, 0.25) is 0 Å². The molecule has 40 heavy (non-hydrogen) atoms. The maximum Gasteiger partial charge on any atom is 0.422 e. The first-order valence-corrected chi connectivity index (χ1v) is 12.8. The molecule has 0 amide bonds. The summed E-state index contributed by atoms with van der Waals surface area (Å²) in [5.74, 6) is -0.196. The Morgan fingerprint density at radius 3 is 2.25 bits per heavy atom. The van der Waals surface area contributed by atoms with E-state index in [1.165, 1.54) is 32.2 Å². The summed E-state index contributed by atoms with van der Waals surface area (Å²) < 4.78 is 54.1. The third-order valence-electron chi connectivity index (χ3n) is 6.49. The lowest BCUT2D eigenvalue weighted by Crippen LogP contribution is -2.44. The maximum atomic E-state index is 14.5. The number of pyridine rings is 1. The van der Waals surface area contributed by atoms with E-state index in [-0.39, 0.29) is 29.4 Å². The van der Waals surface area contributed by atoms with Gasteiger partial charge in [-0.3, -0.25) is 4.79 Å². The SMILES string of the molecule is COc1cc(C(=O)CCC(O)(c2cc(C(C)(C)N)cc(-c3ccc(C)cc3)n2)C(F)(F)F)ccc1OC[C@@H](C)O. The number of ether oxygens (including phenoxy) is 2. The number of nitrogens with zero attached hydrogens (tertiary/aromatic N) is 1. The van der Waals surface area contributed by atoms with Crippen LogP contribution in [0.25, 0.3) is 11.3 Å². The van der Waals surface area contributed by atoms with E-state index in [2.05, 4.69) is 4.98 Å². The number of aliphatic hydroxyl groups is 2. The van der Waals surface area contributed by atoms with Gasteiger partial charge in [0.2, 0.25) is 5.60 Å². The van der Waals surface area contributed by atoms with Crippen LogP contribution < -0.4 is 15.2 Å². The molecule has 0 saturated carbocycles. The minimum absolute atomic E-state index is 0.0154. The highest BCUT2D eigenvalue weighted by molar-refractivity contribution is 5.96. The van der Waals surface area contributed by atoms with Gasteiger partial charge in [-0.05, 0) is 70.0 Å². The highest BCUT2D eigenvalue weighted by atomic mass is 19.4. The van der Waals surface area contributed by atoms with Crippen molar-refractivity contribution in [3.8, 4) is 22.8 Å². The van der Waals surface area contributed by atoms with E-state index in [0.717, 1.165) is 11.6 Å². The van der Waals surface area contributed by atoms with E-state index in [0.29, 0.717) is 11.1 Å². The first-order valence-electron chi connectivity index (χ1n) is 12.8. The van der Waals surface area contributed by atoms with Crippen molar-refractivity contribution >= 4 is 5.78 Å². The predicted octanol–water partition coefficient (Wildman–Crippen LogP) is 5.43. The molecule has 0 bridgehead atoms. The summed E-state index contributed by atoms with van der Waals surface area (Å²) in [5.41, 5.74) is 3.31. The summed E-state index contributed by atoms with van der Waals surface area (Å²) in [6.07, 6.45) is -7.48. The molecule has 1 unspecified atom stereocenters. The lowest BCUT2D eigenvalue weighted by molar-refractivity contribution is -0.270. The van der Waals surface area contributed by atoms with Gasteiger partial charge in [-0.15, -0.1) is 0 Å². The number of hydrogen-bond donors (Lipinski definition) is 3. The fourth-order valence-electron chi connectivity index (χ4n) is 4.01. The number of nitrogens with two attached hydrogens (primary N) is 1. The smallest absolute Gasteiger partial charge is 0.422 e. The first kappa shape index (κ1) is 31.1. The number of ketones is 1. The molecule has 0 aliphatic rings. The Morgan fingerprint density at radius 2 is 1.70 bits per heavy atom. The van der Waals surface area contributed by atoms with Crippen molar-refractivity contribution < 1.29 is 37.7 Å². The summed E-state index contributed by atoms with van der Waals surface area (Å²) in [6, 6.07) is 14.0. The van der Waals surface area contributed by atoms with Gasteiger partial charge in [0.25, 0.3) is 0 Å². The molecule has 4 N–H and O–H groups in total. The van der Waals surface area contributed by atoms with E-state index in [9.17, 15) is 28.2 Å². The molecule has 7 nitrogen and oxygen atoms in total. The largest absolute Gasteiger partial charge is 0.493 e. The summed E-state index contributed by atoms with van der Waals surface area (Å²) in [4.78, 5) is 17.2. The standard InChI is InChI=1S/C30H35F3N2O5/c1-18-6-8-20(9-7-18)23-15-22(28(3,4)34)16-27(35-23)29(38,30(31,32)33)13-12-24(37)21-10-11-25(26(14-21)39-5)40-17-19(2)36/h6-11,14-16,19,36,38H,12-13,17,34H2,1-5H3/t19-,29?/m1/s1. The van der Waals surface area contributed by atoms with Gasteiger partial charge in [-0.25, -0.2) is 4.98 Å². The van der Waals surface area contributed by atoms with Crippen LogP contribution in [0.1, 0.15) is 60.8 Å². The van der Waals surface area contributed by atoms with Crippen LogP contribution in [0.3, 0.4) is 0 Å². The average Bonchev–Trinajstić information content (AvgIpc) is 2.89. The normalized spacial score (nSPS) is 14.4. The van der Waals surface area contributed by atoms with Crippen molar-refractivity contribution in [2.45, 2.75) is 64.0 Å².